The Labute approximate surface area is 147 Å². The Bertz CT molecular complexity index is 899. The number of carbonyl (C=O) groups excluding carboxylic acids is 2. The predicted octanol–water partition coefficient (Wildman–Crippen LogP) is 4.01. The topological polar surface area (TPSA) is 51.1 Å². The smallest absolute Gasteiger partial charge is 0.244 e. The fourth-order valence-corrected chi connectivity index (χ4v) is 3.26. The number of aryl methyl sites for hydroxylation is 1. The first kappa shape index (κ1) is 15.7. The molecule has 0 saturated carbocycles. The van der Waals surface area contributed by atoms with Gasteiger partial charge in [0.25, 0.3) is 0 Å². The SMILES string of the molecule is Cc1cc(I)ccc1NC(=O)Cn1cc(C=O)c2ccccc21. The van der Waals surface area contributed by atoms with Gasteiger partial charge in [0.05, 0.1) is 0 Å². The van der Waals surface area contributed by atoms with E-state index in [0.29, 0.717) is 5.56 Å². The van der Waals surface area contributed by atoms with Gasteiger partial charge in [-0.15, -0.1) is 0 Å². The van der Waals surface area contributed by atoms with Gasteiger partial charge in [0.15, 0.2) is 6.29 Å². The second kappa shape index (κ2) is 6.54. The summed E-state index contributed by atoms with van der Waals surface area (Å²) in [6.07, 6.45) is 2.54. The van der Waals surface area contributed by atoms with E-state index in [1.165, 1.54) is 0 Å². The Kier molecular flexibility index (Phi) is 4.47. The Hall–Kier alpha value is -2.15. The number of carbonyl (C=O) groups is 2. The molecule has 3 aromatic rings. The zero-order valence-electron chi connectivity index (χ0n) is 12.5. The summed E-state index contributed by atoms with van der Waals surface area (Å²) in [5.74, 6) is -0.118. The highest BCUT2D eigenvalue weighted by Gasteiger charge is 2.11. The van der Waals surface area contributed by atoms with E-state index < -0.39 is 0 Å². The molecule has 0 radical (unpaired) electrons. The Morgan fingerprint density at radius 1 is 1.26 bits per heavy atom. The molecule has 1 aromatic heterocycles. The molecule has 1 amide bonds. The summed E-state index contributed by atoms with van der Waals surface area (Å²) in [7, 11) is 0. The monoisotopic (exact) mass is 418 g/mol. The number of amides is 1. The molecular weight excluding hydrogens is 403 g/mol. The van der Waals surface area contributed by atoms with Crippen LogP contribution in [0.15, 0.2) is 48.7 Å². The first-order valence-corrected chi connectivity index (χ1v) is 8.25. The van der Waals surface area contributed by atoms with Crippen molar-refractivity contribution >= 4 is 51.4 Å². The number of aldehydes is 1. The summed E-state index contributed by atoms with van der Waals surface area (Å²) in [4.78, 5) is 23.5. The molecule has 0 atom stereocenters. The zero-order valence-corrected chi connectivity index (χ0v) is 14.7. The van der Waals surface area contributed by atoms with E-state index in [9.17, 15) is 9.59 Å². The van der Waals surface area contributed by atoms with Crippen molar-refractivity contribution in [3.8, 4) is 0 Å². The molecule has 116 valence electrons. The van der Waals surface area contributed by atoms with Crippen LogP contribution >= 0.6 is 22.6 Å². The van der Waals surface area contributed by atoms with Crippen molar-refractivity contribution in [2.24, 2.45) is 0 Å². The fraction of sp³-hybridized carbons (Fsp3) is 0.111. The van der Waals surface area contributed by atoms with E-state index in [1.807, 2.05) is 49.4 Å². The van der Waals surface area contributed by atoms with Crippen molar-refractivity contribution in [1.29, 1.82) is 0 Å². The number of benzene rings is 2. The number of anilines is 1. The van der Waals surface area contributed by atoms with Gasteiger partial charge < -0.3 is 9.88 Å². The second-order valence-electron chi connectivity index (χ2n) is 5.35. The minimum absolute atomic E-state index is 0.118. The fourth-order valence-electron chi connectivity index (χ4n) is 2.61. The van der Waals surface area contributed by atoms with Crippen molar-refractivity contribution in [3.05, 3.63) is 63.4 Å². The third-order valence-corrected chi connectivity index (χ3v) is 4.39. The van der Waals surface area contributed by atoms with Gasteiger partial charge in [-0.05, 0) is 59.3 Å². The second-order valence-corrected chi connectivity index (χ2v) is 6.60. The lowest BCUT2D eigenvalue weighted by Gasteiger charge is -2.10. The number of halogens is 1. The number of rotatable bonds is 4. The molecule has 1 N–H and O–H groups in total. The lowest BCUT2D eigenvalue weighted by atomic mass is 10.2. The van der Waals surface area contributed by atoms with Gasteiger partial charge in [0.1, 0.15) is 6.54 Å². The number of nitrogens with one attached hydrogen (secondary N) is 1. The average molecular weight is 418 g/mol. The lowest BCUT2D eigenvalue weighted by Crippen LogP contribution is -2.18. The van der Waals surface area contributed by atoms with Crippen LogP contribution in [0.3, 0.4) is 0 Å². The summed E-state index contributed by atoms with van der Waals surface area (Å²) in [6.45, 7) is 2.13. The molecule has 2 aromatic carbocycles. The Morgan fingerprint density at radius 2 is 2.04 bits per heavy atom. The van der Waals surface area contributed by atoms with Crippen LogP contribution in [0.4, 0.5) is 5.69 Å². The van der Waals surface area contributed by atoms with E-state index >= 15 is 0 Å². The minimum Gasteiger partial charge on any atom is -0.337 e. The normalized spacial score (nSPS) is 10.7. The number of hydrogen-bond acceptors (Lipinski definition) is 2. The summed E-state index contributed by atoms with van der Waals surface area (Å²) < 4.78 is 2.93. The van der Waals surface area contributed by atoms with E-state index in [4.69, 9.17) is 0 Å². The maximum absolute atomic E-state index is 12.3. The standard InChI is InChI=1S/C18H15IN2O2/c1-12-8-14(19)6-7-16(12)20-18(23)10-21-9-13(11-22)15-4-2-3-5-17(15)21/h2-9,11H,10H2,1H3,(H,20,23). The molecule has 0 fully saturated rings. The van der Waals surface area contributed by atoms with Gasteiger partial charge in [-0.25, -0.2) is 0 Å². The molecule has 0 bridgehead atoms. The van der Waals surface area contributed by atoms with Crippen LogP contribution in [0.25, 0.3) is 10.9 Å². The van der Waals surface area contributed by atoms with Gasteiger partial charge in [0, 0.05) is 31.9 Å². The Morgan fingerprint density at radius 3 is 2.78 bits per heavy atom. The highest BCUT2D eigenvalue weighted by Crippen LogP contribution is 2.21. The van der Waals surface area contributed by atoms with Crippen LogP contribution in [-0.4, -0.2) is 16.8 Å². The van der Waals surface area contributed by atoms with Crippen molar-refractivity contribution in [3.63, 3.8) is 0 Å². The summed E-state index contributed by atoms with van der Waals surface area (Å²) in [5.41, 5.74) is 3.31. The first-order valence-electron chi connectivity index (χ1n) is 7.17. The van der Waals surface area contributed by atoms with Gasteiger partial charge in [-0.2, -0.15) is 0 Å². The zero-order chi connectivity index (χ0) is 16.4. The van der Waals surface area contributed by atoms with Crippen molar-refractivity contribution in [2.75, 3.05) is 5.32 Å². The number of nitrogens with zero attached hydrogens (tertiary/aromatic N) is 1. The summed E-state index contributed by atoms with van der Waals surface area (Å²) >= 11 is 2.24. The molecule has 0 aliphatic carbocycles. The highest BCUT2D eigenvalue weighted by molar-refractivity contribution is 14.1. The van der Waals surface area contributed by atoms with Gasteiger partial charge in [-0.3, -0.25) is 9.59 Å². The minimum atomic E-state index is -0.118. The van der Waals surface area contributed by atoms with Gasteiger partial charge in [0.2, 0.25) is 5.91 Å². The lowest BCUT2D eigenvalue weighted by molar-refractivity contribution is -0.116. The van der Waals surface area contributed by atoms with Crippen LogP contribution in [0, 0.1) is 10.5 Å². The molecule has 23 heavy (non-hydrogen) atoms. The number of hydrogen-bond donors (Lipinski definition) is 1. The largest absolute Gasteiger partial charge is 0.337 e. The van der Waals surface area contributed by atoms with Crippen LogP contribution in [0.1, 0.15) is 15.9 Å². The third kappa shape index (κ3) is 3.29. The first-order chi connectivity index (χ1) is 11.1. The molecule has 0 aliphatic heterocycles. The van der Waals surface area contributed by atoms with Gasteiger partial charge >= 0.3 is 0 Å². The molecular formula is C18H15IN2O2. The molecule has 0 spiro atoms. The molecule has 1 heterocycles. The predicted molar refractivity (Wildman–Crippen MR) is 99.9 cm³/mol. The Balaban J connectivity index is 1.84. The number of aromatic nitrogens is 1. The number of fused-ring (bicyclic) bond motifs is 1. The summed E-state index contributed by atoms with van der Waals surface area (Å²) in [5, 5.41) is 3.79. The summed E-state index contributed by atoms with van der Waals surface area (Å²) in [6, 6.07) is 13.5. The quantitative estimate of drug-likeness (QED) is 0.515. The number of para-hydroxylation sites is 1. The maximum Gasteiger partial charge on any atom is 0.244 e. The molecule has 5 heteroatoms. The van der Waals surface area contributed by atoms with Gasteiger partial charge in [-0.1, -0.05) is 18.2 Å². The van der Waals surface area contributed by atoms with E-state index in [2.05, 4.69) is 27.9 Å². The molecule has 0 aliphatic rings. The maximum atomic E-state index is 12.3. The van der Waals surface area contributed by atoms with Crippen LogP contribution < -0.4 is 5.32 Å². The molecule has 0 saturated heterocycles. The third-order valence-electron chi connectivity index (χ3n) is 3.72. The molecule has 3 rings (SSSR count). The van der Waals surface area contributed by atoms with Crippen LogP contribution in [0.2, 0.25) is 0 Å². The molecule has 4 nitrogen and oxygen atoms in total. The van der Waals surface area contributed by atoms with Crippen LogP contribution in [0.5, 0.6) is 0 Å². The van der Waals surface area contributed by atoms with E-state index in [0.717, 1.165) is 32.0 Å². The van der Waals surface area contributed by atoms with Crippen molar-refractivity contribution in [1.82, 2.24) is 4.57 Å². The average Bonchev–Trinajstić information content (AvgIpc) is 2.88. The molecule has 0 unspecified atom stereocenters. The van der Waals surface area contributed by atoms with E-state index in [-0.39, 0.29) is 12.5 Å². The van der Waals surface area contributed by atoms with Crippen molar-refractivity contribution in [2.45, 2.75) is 13.5 Å². The van der Waals surface area contributed by atoms with Crippen LogP contribution in [-0.2, 0) is 11.3 Å². The van der Waals surface area contributed by atoms with E-state index in [1.54, 1.807) is 10.8 Å². The highest BCUT2D eigenvalue weighted by atomic mass is 127. The van der Waals surface area contributed by atoms with Crippen molar-refractivity contribution < 1.29 is 9.59 Å².